The van der Waals surface area contributed by atoms with Crippen LogP contribution in [0.15, 0.2) is 0 Å². The van der Waals surface area contributed by atoms with Crippen molar-refractivity contribution >= 4 is 42.1 Å². The van der Waals surface area contributed by atoms with Crippen LogP contribution in [0.2, 0.25) is 0 Å². The second kappa shape index (κ2) is 12.6. The van der Waals surface area contributed by atoms with Crippen molar-refractivity contribution < 1.29 is 71.8 Å². The Morgan fingerprint density at radius 3 is 2.10 bits per heavy atom. The minimum absolute atomic E-state index is 0.00426. The third-order valence-corrected chi connectivity index (χ3v) is 12.7. The van der Waals surface area contributed by atoms with Crippen molar-refractivity contribution in [1.82, 2.24) is 0 Å². The lowest BCUT2D eigenvalue weighted by atomic mass is 9.33. The molecule has 5 fully saturated rings. The number of rotatable bonds is 9. The Labute approximate surface area is 290 Å². The molecule has 278 valence electrons. The van der Waals surface area contributed by atoms with E-state index in [1.165, 1.54) is 20.8 Å². The van der Waals surface area contributed by atoms with Crippen LogP contribution in [-0.4, -0.2) is 103 Å². The summed E-state index contributed by atoms with van der Waals surface area (Å²) in [5, 5.41) is 13.3. The summed E-state index contributed by atoms with van der Waals surface area (Å²) in [6.45, 7) is 11.0. The Kier molecular flexibility index (Phi) is 9.47. The molecule has 5 rings (SSSR count). The highest BCUT2D eigenvalue weighted by atomic mass is 16.6. The van der Waals surface area contributed by atoms with E-state index in [9.17, 15) is 33.9 Å². The molecule has 0 spiro atoms. The van der Waals surface area contributed by atoms with Crippen molar-refractivity contribution in [2.75, 3.05) is 13.7 Å². The Balaban J connectivity index is 1.82. The number of hydrogen-bond donors (Lipinski definition) is 1. The summed E-state index contributed by atoms with van der Waals surface area (Å²) in [5.74, 6) is -6.67. The van der Waals surface area contributed by atoms with E-state index >= 15 is 4.79 Å². The van der Waals surface area contributed by atoms with Crippen LogP contribution in [0.4, 0.5) is 0 Å². The number of esters is 5. The number of methoxy groups -OCH3 is 1. The fourth-order valence-electron chi connectivity index (χ4n) is 11.2. The predicted octanol–water partition coefficient (Wildman–Crippen LogP) is 1.62. The molecule has 0 aromatic rings. The quantitative estimate of drug-likeness (QED) is 0.156. The van der Waals surface area contributed by atoms with Gasteiger partial charge >= 0.3 is 29.8 Å². The fraction of sp³-hybridized carbons (Fsp3) is 0.800. The van der Waals surface area contributed by atoms with E-state index in [4.69, 9.17) is 33.2 Å². The van der Waals surface area contributed by atoms with Crippen molar-refractivity contribution in [2.24, 2.45) is 39.4 Å². The van der Waals surface area contributed by atoms with Gasteiger partial charge < -0.3 is 38.3 Å². The van der Waals surface area contributed by atoms with E-state index in [1.807, 2.05) is 6.92 Å². The highest BCUT2D eigenvalue weighted by molar-refractivity contribution is 5.93. The van der Waals surface area contributed by atoms with Crippen molar-refractivity contribution in [1.29, 1.82) is 0 Å². The second-order valence-corrected chi connectivity index (χ2v) is 15.4. The first-order chi connectivity index (χ1) is 23.2. The highest BCUT2D eigenvalue weighted by Gasteiger charge is 2.88. The Morgan fingerprint density at radius 2 is 1.56 bits per heavy atom. The van der Waals surface area contributed by atoms with Gasteiger partial charge in [-0.05, 0) is 38.0 Å². The van der Waals surface area contributed by atoms with E-state index in [0.717, 1.165) is 21.0 Å². The van der Waals surface area contributed by atoms with Crippen molar-refractivity contribution in [2.45, 2.75) is 123 Å². The van der Waals surface area contributed by atoms with Gasteiger partial charge in [0, 0.05) is 50.9 Å². The number of ether oxygens (including phenoxy) is 7. The minimum Gasteiger partial charge on any atom is -0.468 e. The molecule has 0 aromatic carbocycles. The molecule has 15 heteroatoms. The third kappa shape index (κ3) is 5.08. The van der Waals surface area contributed by atoms with Crippen LogP contribution in [0.25, 0.3) is 0 Å². The molecule has 0 bridgehead atoms. The first-order valence-corrected chi connectivity index (χ1v) is 17.0. The third-order valence-electron chi connectivity index (χ3n) is 12.7. The molecule has 0 aromatic heterocycles. The molecule has 15 nitrogen and oxygen atoms in total. The molecule has 14 atom stereocenters. The number of epoxide rings is 1. The van der Waals surface area contributed by atoms with Crippen LogP contribution in [0.3, 0.4) is 0 Å². The molecule has 0 radical (unpaired) electrons. The zero-order valence-electron chi connectivity index (χ0n) is 30.0. The summed E-state index contributed by atoms with van der Waals surface area (Å²) in [5.41, 5.74) is -8.73. The molecule has 5 aliphatic rings. The number of aliphatic hydroxyl groups is 1. The van der Waals surface area contributed by atoms with E-state index in [2.05, 4.69) is 0 Å². The average molecular weight is 709 g/mol. The maximum absolute atomic E-state index is 15.2. The van der Waals surface area contributed by atoms with Crippen molar-refractivity contribution in [3.05, 3.63) is 0 Å². The van der Waals surface area contributed by atoms with Gasteiger partial charge in [-0.15, -0.1) is 0 Å². The largest absolute Gasteiger partial charge is 0.468 e. The monoisotopic (exact) mass is 708 g/mol. The van der Waals surface area contributed by atoms with Gasteiger partial charge in [0.15, 0.2) is 17.3 Å². The topological polar surface area (TPSA) is 208 Å². The highest BCUT2D eigenvalue weighted by Crippen LogP contribution is 2.75. The summed E-state index contributed by atoms with van der Waals surface area (Å²) in [6, 6.07) is 0. The van der Waals surface area contributed by atoms with Crippen LogP contribution in [0.1, 0.15) is 81.1 Å². The number of hydrogen-bond acceptors (Lipinski definition) is 15. The summed E-state index contributed by atoms with van der Waals surface area (Å²) >= 11 is 0. The van der Waals surface area contributed by atoms with Gasteiger partial charge in [0.05, 0.1) is 18.8 Å². The van der Waals surface area contributed by atoms with Gasteiger partial charge in [-0.1, -0.05) is 20.8 Å². The molecule has 1 heterocycles. The summed E-state index contributed by atoms with van der Waals surface area (Å²) in [6.07, 6.45) is -7.07. The maximum atomic E-state index is 15.2. The molecular formula is C35H48O15. The predicted molar refractivity (Wildman–Crippen MR) is 166 cm³/mol. The molecule has 1 aliphatic heterocycles. The van der Waals surface area contributed by atoms with Crippen molar-refractivity contribution in [3.63, 3.8) is 0 Å². The normalized spacial score (nSPS) is 44.7. The van der Waals surface area contributed by atoms with Crippen LogP contribution in [0.5, 0.6) is 0 Å². The van der Waals surface area contributed by atoms with Crippen LogP contribution in [-0.2, 0) is 66.7 Å². The van der Waals surface area contributed by atoms with Gasteiger partial charge in [-0.2, -0.15) is 0 Å². The number of fused-ring (bicyclic) bond motifs is 7. The summed E-state index contributed by atoms with van der Waals surface area (Å²) in [7, 11) is 1.14. The molecule has 1 saturated heterocycles. The fourth-order valence-corrected chi connectivity index (χ4v) is 11.2. The maximum Gasteiger partial charge on any atom is 0.321 e. The smallest absolute Gasteiger partial charge is 0.321 e. The number of carbonyl (C=O) groups excluding carboxylic acids is 7. The molecule has 1 N–H and O–H groups in total. The van der Waals surface area contributed by atoms with Gasteiger partial charge in [-0.3, -0.25) is 33.6 Å². The lowest BCUT2D eigenvalue weighted by Gasteiger charge is -2.71. The molecular weight excluding hydrogens is 660 g/mol. The Bertz CT molecular complexity index is 1480. The number of Topliss-reactive ketones (excluding diaryl/α,β-unsaturated/α-hetero) is 1. The average Bonchev–Trinajstić information content (AvgIpc) is 3.80. The van der Waals surface area contributed by atoms with Gasteiger partial charge in [0.25, 0.3) is 6.47 Å². The summed E-state index contributed by atoms with van der Waals surface area (Å²) in [4.78, 5) is 92.0. The minimum atomic E-state index is -2.04. The van der Waals surface area contributed by atoms with Gasteiger partial charge in [0.1, 0.15) is 36.4 Å². The van der Waals surface area contributed by atoms with Gasteiger partial charge in [-0.25, -0.2) is 0 Å². The summed E-state index contributed by atoms with van der Waals surface area (Å²) < 4.78 is 40.3. The standard InChI is InChI=1S/C35H48O15/c1-16-12-34(43)23-10-11-31(7)25(22(47-19(4)38)13-33(29(31)41,14-45-15-36)17(2)46-18(3)37)32(23,8)27(48-20(5)39)28(49-21(6)40)35(34,30(42)44-9)26-24(16)50-26/h15-17,22-28,43H,10-14H2,1-9H3/t16?,17?,22?,23?,24-,25?,26-,27-,28+,31-,32+,33+,34-,35-/m1/s1. The molecule has 50 heavy (non-hydrogen) atoms. The molecule has 4 saturated carbocycles. The van der Waals surface area contributed by atoms with Gasteiger partial charge in [0.2, 0.25) is 0 Å². The van der Waals surface area contributed by atoms with E-state index in [-0.39, 0.29) is 38.1 Å². The van der Waals surface area contributed by atoms with E-state index < -0.39 is 118 Å². The van der Waals surface area contributed by atoms with Crippen LogP contribution >= 0.6 is 0 Å². The van der Waals surface area contributed by atoms with E-state index in [0.29, 0.717) is 0 Å². The zero-order valence-corrected chi connectivity index (χ0v) is 30.0. The van der Waals surface area contributed by atoms with E-state index in [1.54, 1.807) is 13.8 Å². The zero-order chi connectivity index (χ0) is 37.4. The number of carbonyl (C=O) groups is 7. The Hall–Kier alpha value is -3.59. The van der Waals surface area contributed by atoms with Crippen LogP contribution < -0.4 is 0 Å². The van der Waals surface area contributed by atoms with Crippen LogP contribution in [0, 0.1) is 39.4 Å². The van der Waals surface area contributed by atoms with Crippen molar-refractivity contribution in [3.8, 4) is 0 Å². The SMILES string of the molecule is COC(=O)[C@]12[C@@H]3O[C@@H]3C(C)C[C@@]1(O)C1CC[C@@]3(C)C(=O)[C@@](COC=O)(C(C)OC(C)=O)CC(OC(C)=O)C3[C@@]1(C)[C@H](OC(C)=O)[C@@H]2OC(C)=O. The molecule has 5 unspecified atom stereocenters. The lowest BCUT2D eigenvalue weighted by Crippen LogP contribution is -2.83. The first kappa shape index (κ1) is 37.7. The number of ketones is 1. The Morgan fingerprint density at radius 1 is 0.960 bits per heavy atom. The molecule has 0 amide bonds. The second-order valence-electron chi connectivity index (χ2n) is 15.4. The lowest BCUT2D eigenvalue weighted by molar-refractivity contribution is -0.332. The first-order valence-electron chi connectivity index (χ1n) is 17.0. The molecule has 4 aliphatic carbocycles.